The highest BCUT2D eigenvalue weighted by Crippen LogP contribution is 2.36. The second kappa shape index (κ2) is 6.64. The first-order valence-electron chi connectivity index (χ1n) is 8.92. The normalized spacial score (nSPS) is 20.9. The summed E-state index contributed by atoms with van der Waals surface area (Å²) in [6.07, 6.45) is 1.90. The van der Waals surface area contributed by atoms with E-state index >= 15 is 0 Å². The lowest BCUT2D eigenvalue weighted by atomic mass is 10.1. The van der Waals surface area contributed by atoms with Gasteiger partial charge in [-0.15, -0.1) is 0 Å². The summed E-state index contributed by atoms with van der Waals surface area (Å²) < 4.78 is 27.4. The van der Waals surface area contributed by atoms with Crippen molar-refractivity contribution in [1.29, 1.82) is 0 Å². The van der Waals surface area contributed by atoms with E-state index < -0.39 is 22.0 Å². The number of carbonyl (C=O) groups is 1. The van der Waals surface area contributed by atoms with Gasteiger partial charge in [0.25, 0.3) is 0 Å². The van der Waals surface area contributed by atoms with Crippen molar-refractivity contribution >= 4 is 26.8 Å². The molecule has 6 nitrogen and oxygen atoms in total. The van der Waals surface area contributed by atoms with Crippen LogP contribution in [0.2, 0.25) is 0 Å². The lowest BCUT2D eigenvalue weighted by Crippen LogP contribution is -2.54. The molecule has 0 amide bonds. The number of piperazine rings is 1. The predicted octanol–water partition coefficient (Wildman–Crippen LogP) is 2.01. The van der Waals surface area contributed by atoms with Crippen molar-refractivity contribution < 1.29 is 18.3 Å². The molecule has 0 bridgehead atoms. The van der Waals surface area contributed by atoms with Gasteiger partial charge in [-0.1, -0.05) is 30.3 Å². The topological polar surface area (TPSA) is 77.9 Å². The molecule has 1 unspecified atom stereocenters. The van der Waals surface area contributed by atoms with Crippen molar-refractivity contribution in [3.05, 3.63) is 42.5 Å². The quantitative estimate of drug-likeness (QED) is 0.866. The van der Waals surface area contributed by atoms with Crippen LogP contribution in [0.5, 0.6) is 0 Å². The Morgan fingerprint density at radius 3 is 2.27 bits per heavy atom. The standard InChI is InChI=1S/C19H22N2O4S/c22-19(23)18(15-5-6-15)20-9-11-21(12-10-20)26(24,25)17-8-7-14-3-1-2-4-16(14)13-17/h1-4,7-8,13,15,18H,5-6,9-12H2,(H,22,23). The molecule has 138 valence electrons. The van der Waals surface area contributed by atoms with Crippen molar-refractivity contribution in [3.63, 3.8) is 0 Å². The molecule has 1 atom stereocenters. The number of rotatable bonds is 5. The summed E-state index contributed by atoms with van der Waals surface area (Å²) in [6.45, 7) is 1.57. The molecule has 2 fully saturated rings. The van der Waals surface area contributed by atoms with Crippen molar-refractivity contribution in [2.24, 2.45) is 5.92 Å². The van der Waals surface area contributed by atoms with E-state index in [0.717, 1.165) is 23.6 Å². The Kier molecular flexibility index (Phi) is 4.46. The molecular formula is C19H22N2O4S. The molecule has 0 radical (unpaired) electrons. The molecule has 1 aliphatic carbocycles. The fourth-order valence-electron chi connectivity index (χ4n) is 3.77. The highest BCUT2D eigenvalue weighted by atomic mass is 32.2. The molecule has 2 aromatic rings. The van der Waals surface area contributed by atoms with Crippen molar-refractivity contribution in [2.75, 3.05) is 26.2 Å². The van der Waals surface area contributed by atoms with Crippen LogP contribution in [0.15, 0.2) is 47.4 Å². The molecule has 0 aromatic heterocycles. The molecule has 4 rings (SSSR count). The van der Waals surface area contributed by atoms with Gasteiger partial charge in [-0.2, -0.15) is 4.31 Å². The molecular weight excluding hydrogens is 352 g/mol. The van der Waals surface area contributed by atoms with Gasteiger partial charge in [0.1, 0.15) is 6.04 Å². The Bertz CT molecular complexity index is 931. The summed E-state index contributed by atoms with van der Waals surface area (Å²) in [4.78, 5) is 13.7. The van der Waals surface area contributed by atoms with Gasteiger partial charge in [-0.3, -0.25) is 9.69 Å². The SMILES string of the molecule is O=C(O)C(C1CC1)N1CCN(S(=O)(=O)c2ccc3ccccc3c2)CC1. The summed E-state index contributed by atoms with van der Waals surface area (Å²) in [5.74, 6) is -0.575. The monoisotopic (exact) mass is 374 g/mol. The minimum Gasteiger partial charge on any atom is -0.480 e. The zero-order chi connectivity index (χ0) is 18.3. The number of benzene rings is 2. The highest BCUT2D eigenvalue weighted by Gasteiger charge is 2.42. The number of hydrogen-bond acceptors (Lipinski definition) is 4. The van der Waals surface area contributed by atoms with Gasteiger partial charge in [-0.25, -0.2) is 8.42 Å². The maximum atomic E-state index is 13.0. The van der Waals surface area contributed by atoms with Crippen LogP contribution < -0.4 is 0 Å². The van der Waals surface area contributed by atoms with Crippen LogP contribution in [0.1, 0.15) is 12.8 Å². The summed E-state index contributed by atoms with van der Waals surface area (Å²) >= 11 is 0. The summed E-state index contributed by atoms with van der Waals surface area (Å²) in [7, 11) is -3.57. The van der Waals surface area contributed by atoms with Crippen LogP contribution in [0.3, 0.4) is 0 Å². The fraction of sp³-hybridized carbons (Fsp3) is 0.421. The summed E-state index contributed by atoms with van der Waals surface area (Å²) in [5, 5.41) is 11.4. The third-order valence-electron chi connectivity index (χ3n) is 5.35. The largest absolute Gasteiger partial charge is 0.480 e. The van der Waals surface area contributed by atoms with Gasteiger partial charge in [0.2, 0.25) is 10.0 Å². The van der Waals surface area contributed by atoms with E-state index in [-0.39, 0.29) is 5.92 Å². The van der Waals surface area contributed by atoms with Crippen molar-refractivity contribution in [3.8, 4) is 0 Å². The molecule has 26 heavy (non-hydrogen) atoms. The van der Waals surface area contributed by atoms with E-state index in [0.29, 0.717) is 31.1 Å². The maximum Gasteiger partial charge on any atom is 0.321 e. The average Bonchev–Trinajstić information content (AvgIpc) is 3.46. The Morgan fingerprint density at radius 1 is 1.00 bits per heavy atom. The zero-order valence-corrected chi connectivity index (χ0v) is 15.2. The minimum atomic E-state index is -3.57. The van der Waals surface area contributed by atoms with Gasteiger partial charge < -0.3 is 5.11 Å². The third-order valence-corrected chi connectivity index (χ3v) is 7.24. The van der Waals surface area contributed by atoms with E-state index in [1.807, 2.05) is 35.2 Å². The first-order chi connectivity index (χ1) is 12.5. The summed E-state index contributed by atoms with van der Waals surface area (Å²) in [5.41, 5.74) is 0. The molecule has 1 saturated heterocycles. The van der Waals surface area contributed by atoms with Gasteiger partial charge in [0.15, 0.2) is 0 Å². The molecule has 2 aromatic carbocycles. The number of carboxylic acids is 1. The van der Waals surface area contributed by atoms with Crippen LogP contribution in [-0.4, -0.2) is 60.9 Å². The van der Waals surface area contributed by atoms with Crippen LogP contribution >= 0.6 is 0 Å². The fourth-order valence-corrected chi connectivity index (χ4v) is 5.23. The lowest BCUT2D eigenvalue weighted by Gasteiger charge is -2.37. The number of nitrogens with zero attached hydrogens (tertiary/aromatic N) is 2. The lowest BCUT2D eigenvalue weighted by molar-refractivity contribution is -0.144. The number of carboxylic acid groups (broad SMARTS) is 1. The Morgan fingerprint density at radius 2 is 1.65 bits per heavy atom. The zero-order valence-electron chi connectivity index (χ0n) is 14.4. The number of aliphatic carboxylic acids is 1. The first kappa shape index (κ1) is 17.5. The van der Waals surface area contributed by atoms with Crippen LogP contribution in [0.25, 0.3) is 10.8 Å². The molecule has 7 heteroatoms. The van der Waals surface area contributed by atoms with Gasteiger partial charge >= 0.3 is 5.97 Å². The number of hydrogen-bond donors (Lipinski definition) is 1. The Labute approximate surface area is 153 Å². The van der Waals surface area contributed by atoms with Gasteiger partial charge in [0.05, 0.1) is 4.90 Å². The van der Waals surface area contributed by atoms with Crippen molar-refractivity contribution in [2.45, 2.75) is 23.8 Å². The Balaban J connectivity index is 1.51. The van der Waals surface area contributed by atoms with Gasteiger partial charge in [0, 0.05) is 26.2 Å². The molecule has 0 spiro atoms. The highest BCUT2D eigenvalue weighted by molar-refractivity contribution is 7.89. The van der Waals surface area contributed by atoms with E-state index in [4.69, 9.17) is 0 Å². The van der Waals surface area contributed by atoms with Gasteiger partial charge in [-0.05, 0) is 41.7 Å². The van der Waals surface area contributed by atoms with E-state index in [2.05, 4.69) is 0 Å². The summed E-state index contributed by atoms with van der Waals surface area (Å²) in [6, 6.07) is 12.4. The van der Waals surface area contributed by atoms with Crippen LogP contribution in [-0.2, 0) is 14.8 Å². The third kappa shape index (κ3) is 3.22. The van der Waals surface area contributed by atoms with Crippen molar-refractivity contribution in [1.82, 2.24) is 9.21 Å². The number of fused-ring (bicyclic) bond motifs is 1. The van der Waals surface area contributed by atoms with E-state index in [1.165, 1.54) is 4.31 Å². The molecule has 1 saturated carbocycles. The van der Waals surface area contributed by atoms with Crippen LogP contribution in [0.4, 0.5) is 0 Å². The van der Waals surface area contributed by atoms with E-state index in [1.54, 1.807) is 12.1 Å². The predicted molar refractivity (Wildman–Crippen MR) is 98.4 cm³/mol. The molecule has 1 N–H and O–H groups in total. The molecule has 1 heterocycles. The smallest absolute Gasteiger partial charge is 0.321 e. The first-order valence-corrected chi connectivity index (χ1v) is 10.4. The average molecular weight is 374 g/mol. The Hall–Kier alpha value is -1.96. The second-order valence-electron chi connectivity index (χ2n) is 7.07. The molecule has 1 aliphatic heterocycles. The number of sulfonamides is 1. The minimum absolute atomic E-state index is 0.219. The molecule has 2 aliphatic rings. The second-order valence-corrected chi connectivity index (χ2v) is 9.01. The van der Waals surface area contributed by atoms with E-state index in [9.17, 15) is 18.3 Å². The van der Waals surface area contributed by atoms with Crippen LogP contribution in [0, 0.1) is 5.92 Å². The maximum absolute atomic E-state index is 13.0.